The number of nitrogens with zero attached hydrogens (tertiary/aromatic N) is 2. The van der Waals surface area contributed by atoms with E-state index in [1.165, 1.54) is 6.42 Å². The van der Waals surface area contributed by atoms with Gasteiger partial charge in [0.25, 0.3) is 0 Å². The highest BCUT2D eigenvalue weighted by atomic mass is 16.1. The summed E-state index contributed by atoms with van der Waals surface area (Å²) in [6.45, 7) is 9.02. The van der Waals surface area contributed by atoms with Gasteiger partial charge < -0.3 is 5.32 Å². The third kappa shape index (κ3) is 4.38. The SMILES string of the molecule is CCCNC(C)CCCn1ccn(CC)c1=O. The van der Waals surface area contributed by atoms with Crippen LogP contribution in [0.15, 0.2) is 17.2 Å². The second kappa shape index (κ2) is 7.33. The zero-order valence-electron chi connectivity index (χ0n) is 11.3. The van der Waals surface area contributed by atoms with Crippen LogP contribution in [-0.2, 0) is 13.1 Å². The van der Waals surface area contributed by atoms with Gasteiger partial charge in [0.1, 0.15) is 0 Å². The Bertz CT molecular complexity index is 367. The lowest BCUT2D eigenvalue weighted by Gasteiger charge is -2.12. The van der Waals surface area contributed by atoms with E-state index in [0.29, 0.717) is 6.04 Å². The molecule has 1 atom stereocenters. The minimum Gasteiger partial charge on any atom is -0.314 e. The Morgan fingerprint density at radius 2 is 2.00 bits per heavy atom. The summed E-state index contributed by atoms with van der Waals surface area (Å²) in [4.78, 5) is 11.8. The van der Waals surface area contributed by atoms with E-state index >= 15 is 0 Å². The number of imidazole rings is 1. The Labute approximate surface area is 104 Å². The molecule has 4 nitrogen and oxygen atoms in total. The summed E-state index contributed by atoms with van der Waals surface area (Å²) in [5.41, 5.74) is 0.113. The van der Waals surface area contributed by atoms with Crippen molar-refractivity contribution in [2.45, 2.75) is 59.2 Å². The molecule has 0 bridgehead atoms. The summed E-state index contributed by atoms with van der Waals surface area (Å²) in [7, 11) is 0. The molecule has 0 aliphatic rings. The average Bonchev–Trinajstić information content (AvgIpc) is 2.68. The van der Waals surface area contributed by atoms with Crippen LogP contribution in [0.25, 0.3) is 0 Å². The number of aromatic nitrogens is 2. The maximum atomic E-state index is 11.8. The van der Waals surface area contributed by atoms with E-state index in [4.69, 9.17) is 0 Å². The molecular weight excluding hydrogens is 214 g/mol. The second-order valence-electron chi connectivity index (χ2n) is 4.56. The third-order valence-corrected chi connectivity index (χ3v) is 3.04. The number of rotatable bonds is 8. The lowest BCUT2D eigenvalue weighted by atomic mass is 10.2. The van der Waals surface area contributed by atoms with E-state index in [1.807, 2.05) is 19.3 Å². The first-order valence-corrected chi connectivity index (χ1v) is 6.68. The van der Waals surface area contributed by atoms with Crippen LogP contribution in [0.5, 0.6) is 0 Å². The monoisotopic (exact) mass is 239 g/mol. The number of aryl methyl sites for hydroxylation is 2. The van der Waals surface area contributed by atoms with Crippen LogP contribution < -0.4 is 11.0 Å². The Kier molecular flexibility index (Phi) is 6.05. The van der Waals surface area contributed by atoms with E-state index in [0.717, 1.165) is 32.5 Å². The highest BCUT2D eigenvalue weighted by Gasteiger charge is 2.03. The van der Waals surface area contributed by atoms with E-state index in [2.05, 4.69) is 19.2 Å². The van der Waals surface area contributed by atoms with Crippen LogP contribution in [0.3, 0.4) is 0 Å². The molecule has 1 aromatic rings. The molecule has 0 aromatic carbocycles. The summed E-state index contributed by atoms with van der Waals surface area (Å²) in [5.74, 6) is 0. The largest absolute Gasteiger partial charge is 0.328 e. The molecule has 17 heavy (non-hydrogen) atoms. The third-order valence-electron chi connectivity index (χ3n) is 3.04. The van der Waals surface area contributed by atoms with Crippen LogP contribution in [0, 0.1) is 0 Å². The molecule has 1 heterocycles. The van der Waals surface area contributed by atoms with Crippen molar-refractivity contribution in [1.29, 1.82) is 0 Å². The molecule has 1 aromatic heterocycles. The average molecular weight is 239 g/mol. The molecule has 4 heteroatoms. The zero-order chi connectivity index (χ0) is 12.7. The van der Waals surface area contributed by atoms with Gasteiger partial charge in [-0.25, -0.2) is 4.79 Å². The van der Waals surface area contributed by atoms with Gasteiger partial charge in [-0.3, -0.25) is 9.13 Å². The van der Waals surface area contributed by atoms with Gasteiger partial charge in [-0.2, -0.15) is 0 Å². The smallest absolute Gasteiger partial charge is 0.314 e. The highest BCUT2D eigenvalue weighted by Crippen LogP contribution is 1.99. The fourth-order valence-electron chi connectivity index (χ4n) is 1.92. The van der Waals surface area contributed by atoms with E-state index in [9.17, 15) is 4.79 Å². The normalized spacial score (nSPS) is 12.9. The molecule has 0 amide bonds. The van der Waals surface area contributed by atoms with Crippen molar-refractivity contribution in [2.75, 3.05) is 6.54 Å². The van der Waals surface area contributed by atoms with Gasteiger partial charge in [0.15, 0.2) is 0 Å². The summed E-state index contributed by atoms with van der Waals surface area (Å²) < 4.78 is 3.54. The molecule has 0 saturated heterocycles. The standard InChI is InChI=1S/C13H25N3O/c1-4-8-14-12(3)7-6-9-16-11-10-15(5-2)13(16)17/h10-12,14H,4-9H2,1-3H3. The van der Waals surface area contributed by atoms with Crippen LogP contribution >= 0.6 is 0 Å². The van der Waals surface area contributed by atoms with Crippen molar-refractivity contribution >= 4 is 0 Å². The number of hydrogen-bond acceptors (Lipinski definition) is 2. The molecular formula is C13H25N3O. The Hall–Kier alpha value is -1.03. The first-order valence-electron chi connectivity index (χ1n) is 6.68. The first-order chi connectivity index (χ1) is 8.19. The minimum atomic E-state index is 0.113. The van der Waals surface area contributed by atoms with E-state index in [1.54, 1.807) is 9.13 Å². The fraction of sp³-hybridized carbons (Fsp3) is 0.769. The summed E-state index contributed by atoms with van der Waals surface area (Å²) in [6, 6.07) is 0.541. The molecule has 1 unspecified atom stereocenters. The lowest BCUT2D eigenvalue weighted by molar-refractivity contribution is 0.470. The maximum Gasteiger partial charge on any atom is 0.328 e. The molecule has 98 valence electrons. The molecule has 1 rings (SSSR count). The predicted molar refractivity (Wildman–Crippen MR) is 71.4 cm³/mol. The number of hydrogen-bond donors (Lipinski definition) is 1. The van der Waals surface area contributed by atoms with Gasteiger partial charge in [0.05, 0.1) is 0 Å². The van der Waals surface area contributed by atoms with Crippen molar-refractivity contribution in [3.8, 4) is 0 Å². The number of nitrogens with one attached hydrogen (secondary N) is 1. The molecule has 0 saturated carbocycles. The van der Waals surface area contributed by atoms with Crippen molar-refractivity contribution in [2.24, 2.45) is 0 Å². The van der Waals surface area contributed by atoms with Crippen molar-refractivity contribution in [1.82, 2.24) is 14.5 Å². The molecule has 0 radical (unpaired) electrons. The van der Waals surface area contributed by atoms with Gasteiger partial charge in [-0.15, -0.1) is 0 Å². The van der Waals surface area contributed by atoms with Crippen molar-refractivity contribution in [3.63, 3.8) is 0 Å². The molecule has 0 spiro atoms. The summed E-state index contributed by atoms with van der Waals surface area (Å²) in [5, 5.41) is 3.46. The van der Waals surface area contributed by atoms with Gasteiger partial charge in [0.2, 0.25) is 0 Å². The maximum absolute atomic E-state index is 11.8. The summed E-state index contributed by atoms with van der Waals surface area (Å²) in [6.07, 6.45) is 7.08. The topological polar surface area (TPSA) is 39.0 Å². The second-order valence-corrected chi connectivity index (χ2v) is 4.56. The molecule has 0 fully saturated rings. The molecule has 1 N–H and O–H groups in total. The quantitative estimate of drug-likeness (QED) is 0.752. The van der Waals surface area contributed by atoms with E-state index < -0.39 is 0 Å². The van der Waals surface area contributed by atoms with Gasteiger partial charge in [-0.1, -0.05) is 6.92 Å². The Morgan fingerprint density at radius 1 is 1.29 bits per heavy atom. The zero-order valence-corrected chi connectivity index (χ0v) is 11.3. The van der Waals surface area contributed by atoms with E-state index in [-0.39, 0.29) is 5.69 Å². The van der Waals surface area contributed by atoms with Crippen LogP contribution in [0.2, 0.25) is 0 Å². The fourth-order valence-corrected chi connectivity index (χ4v) is 1.92. The predicted octanol–water partition coefficient (Wildman–Crippen LogP) is 1.84. The first kappa shape index (κ1) is 14.0. The Morgan fingerprint density at radius 3 is 2.59 bits per heavy atom. The highest BCUT2D eigenvalue weighted by molar-refractivity contribution is 4.81. The van der Waals surface area contributed by atoms with Crippen LogP contribution in [0.1, 0.15) is 40.0 Å². The van der Waals surface area contributed by atoms with Crippen molar-refractivity contribution < 1.29 is 0 Å². The van der Waals surface area contributed by atoms with Crippen LogP contribution in [-0.4, -0.2) is 21.7 Å². The van der Waals surface area contributed by atoms with Crippen molar-refractivity contribution in [3.05, 3.63) is 22.9 Å². The molecule has 0 aliphatic heterocycles. The van der Waals surface area contributed by atoms with Gasteiger partial charge in [-0.05, 0) is 39.7 Å². The van der Waals surface area contributed by atoms with Gasteiger partial charge in [0, 0.05) is 31.5 Å². The summed E-state index contributed by atoms with van der Waals surface area (Å²) >= 11 is 0. The minimum absolute atomic E-state index is 0.113. The molecule has 0 aliphatic carbocycles. The van der Waals surface area contributed by atoms with Crippen LogP contribution in [0.4, 0.5) is 0 Å². The lowest BCUT2D eigenvalue weighted by Crippen LogP contribution is -2.28. The van der Waals surface area contributed by atoms with Gasteiger partial charge >= 0.3 is 5.69 Å². The Balaban J connectivity index is 2.30.